The van der Waals surface area contributed by atoms with E-state index < -0.39 is 0 Å². The first-order valence-electron chi connectivity index (χ1n) is 9.73. The zero-order valence-electron chi connectivity index (χ0n) is 16.8. The molecule has 5 aromatic rings. The smallest absolute Gasteiger partial charge is 0.221 e. The summed E-state index contributed by atoms with van der Waals surface area (Å²) in [4.78, 5) is 20.0. The number of aryl methyl sites for hydroxylation is 1. The molecule has 152 valence electrons. The number of nitrogens with zero attached hydrogens (tertiary/aromatic N) is 6. The van der Waals surface area contributed by atoms with E-state index in [4.69, 9.17) is 5.73 Å². The van der Waals surface area contributed by atoms with Crippen molar-refractivity contribution in [3.05, 3.63) is 79.3 Å². The number of primary amides is 1. The molecule has 1 aromatic carbocycles. The van der Waals surface area contributed by atoms with Gasteiger partial charge in [0, 0.05) is 54.1 Å². The lowest BCUT2D eigenvalue weighted by molar-refractivity contribution is -0.117. The van der Waals surface area contributed by atoms with Crippen molar-refractivity contribution in [1.29, 1.82) is 0 Å². The Kier molecular flexibility index (Phi) is 4.51. The number of benzene rings is 1. The molecule has 4 heterocycles. The second-order valence-corrected chi connectivity index (χ2v) is 7.33. The van der Waals surface area contributed by atoms with E-state index in [1.807, 2.05) is 60.6 Å². The number of pyridine rings is 1. The van der Waals surface area contributed by atoms with Crippen LogP contribution < -0.4 is 5.73 Å². The minimum absolute atomic E-state index is 0.217. The zero-order valence-corrected chi connectivity index (χ0v) is 16.8. The quantitative estimate of drug-likeness (QED) is 0.481. The average molecular weight is 409 g/mol. The van der Waals surface area contributed by atoms with Gasteiger partial charge in [0.25, 0.3) is 0 Å². The second-order valence-electron chi connectivity index (χ2n) is 7.33. The number of carbonyl (C=O) groups excluding carboxylic acids is 1. The van der Waals surface area contributed by atoms with Crippen molar-refractivity contribution in [1.82, 2.24) is 29.4 Å². The molecule has 0 saturated heterocycles. The van der Waals surface area contributed by atoms with Crippen LogP contribution in [0.5, 0.6) is 0 Å². The molecule has 0 unspecified atom stereocenters. The van der Waals surface area contributed by atoms with Crippen LogP contribution in [-0.2, 0) is 18.3 Å². The number of aromatic nitrogens is 6. The van der Waals surface area contributed by atoms with Crippen molar-refractivity contribution in [3.63, 3.8) is 0 Å². The van der Waals surface area contributed by atoms with E-state index in [0.29, 0.717) is 0 Å². The summed E-state index contributed by atoms with van der Waals surface area (Å²) in [7, 11) is 1.89. The Morgan fingerprint density at radius 1 is 0.935 bits per heavy atom. The Bertz CT molecular complexity index is 1390. The Hall–Kier alpha value is -4.33. The van der Waals surface area contributed by atoms with Gasteiger partial charge < -0.3 is 5.73 Å². The van der Waals surface area contributed by atoms with Gasteiger partial charge in [0.15, 0.2) is 0 Å². The van der Waals surface area contributed by atoms with E-state index in [1.165, 1.54) is 0 Å². The minimum atomic E-state index is -0.350. The van der Waals surface area contributed by atoms with Gasteiger partial charge in [-0.05, 0) is 17.2 Å². The highest BCUT2D eigenvalue weighted by atomic mass is 16.1. The highest BCUT2D eigenvalue weighted by Crippen LogP contribution is 2.35. The summed E-state index contributed by atoms with van der Waals surface area (Å²) in [6, 6.07) is 9.86. The summed E-state index contributed by atoms with van der Waals surface area (Å²) in [5, 5.41) is 8.90. The molecule has 1 amide bonds. The molecule has 0 saturated carbocycles. The first kappa shape index (κ1) is 18.7. The third-order valence-electron chi connectivity index (χ3n) is 5.13. The van der Waals surface area contributed by atoms with E-state index in [0.717, 1.165) is 44.6 Å². The third kappa shape index (κ3) is 3.55. The van der Waals surface area contributed by atoms with E-state index >= 15 is 0 Å². The van der Waals surface area contributed by atoms with Crippen LogP contribution in [0.3, 0.4) is 0 Å². The van der Waals surface area contributed by atoms with Crippen LogP contribution in [0.25, 0.3) is 39.0 Å². The monoisotopic (exact) mass is 409 g/mol. The predicted octanol–water partition coefficient (Wildman–Crippen LogP) is 2.89. The Balaban J connectivity index is 1.70. The van der Waals surface area contributed by atoms with Crippen molar-refractivity contribution in [2.75, 3.05) is 0 Å². The Labute approximate surface area is 178 Å². The molecule has 0 radical (unpaired) electrons. The van der Waals surface area contributed by atoms with Gasteiger partial charge in [0.1, 0.15) is 0 Å². The van der Waals surface area contributed by atoms with Gasteiger partial charge >= 0.3 is 0 Å². The van der Waals surface area contributed by atoms with E-state index in [1.54, 1.807) is 23.3 Å². The largest absolute Gasteiger partial charge is 0.369 e. The first-order valence-corrected chi connectivity index (χ1v) is 9.73. The van der Waals surface area contributed by atoms with E-state index in [9.17, 15) is 4.79 Å². The van der Waals surface area contributed by atoms with Crippen molar-refractivity contribution >= 4 is 11.4 Å². The van der Waals surface area contributed by atoms with Crippen LogP contribution in [-0.4, -0.2) is 35.3 Å². The summed E-state index contributed by atoms with van der Waals surface area (Å²) < 4.78 is 3.63. The van der Waals surface area contributed by atoms with Gasteiger partial charge in [0.05, 0.1) is 36.2 Å². The number of carbonyl (C=O) groups is 1. The first-order chi connectivity index (χ1) is 15.1. The highest BCUT2D eigenvalue weighted by molar-refractivity contribution is 5.93. The van der Waals surface area contributed by atoms with Crippen molar-refractivity contribution < 1.29 is 4.79 Å². The van der Waals surface area contributed by atoms with Crippen molar-refractivity contribution in [2.24, 2.45) is 12.8 Å². The van der Waals surface area contributed by atoms with E-state index in [2.05, 4.69) is 26.2 Å². The Morgan fingerprint density at radius 3 is 2.45 bits per heavy atom. The van der Waals surface area contributed by atoms with Gasteiger partial charge in [-0.2, -0.15) is 10.2 Å². The van der Waals surface area contributed by atoms with Crippen molar-refractivity contribution in [2.45, 2.75) is 6.42 Å². The summed E-state index contributed by atoms with van der Waals surface area (Å²) in [5.74, 6) is -0.350. The number of hydrogen-bond donors (Lipinski definition) is 1. The van der Waals surface area contributed by atoms with Gasteiger partial charge in [-0.15, -0.1) is 0 Å². The number of fused-ring (bicyclic) bond motifs is 1. The highest BCUT2D eigenvalue weighted by Gasteiger charge is 2.16. The zero-order chi connectivity index (χ0) is 21.4. The number of nitrogens with two attached hydrogens (primary N) is 1. The maximum absolute atomic E-state index is 11.2. The van der Waals surface area contributed by atoms with Gasteiger partial charge in [-0.3, -0.25) is 19.4 Å². The standard InChI is InChI=1S/C23H19N7O/c1-29-13-18(10-27-29)17-9-19(21-12-25-6-7-26-21)23-20(11-28-30(23)14-17)16-4-2-15(3-5-16)8-22(24)31/h2-7,9-14H,8H2,1H3,(H2,24,31). The van der Waals surface area contributed by atoms with E-state index in [-0.39, 0.29) is 12.3 Å². The van der Waals surface area contributed by atoms with Crippen LogP contribution in [0.1, 0.15) is 5.56 Å². The minimum Gasteiger partial charge on any atom is -0.369 e. The van der Waals surface area contributed by atoms with Gasteiger partial charge in [0.2, 0.25) is 5.91 Å². The average Bonchev–Trinajstić information content (AvgIpc) is 3.40. The predicted molar refractivity (Wildman–Crippen MR) is 117 cm³/mol. The second kappa shape index (κ2) is 7.49. The molecule has 4 aromatic heterocycles. The molecule has 0 aliphatic rings. The molecule has 2 N–H and O–H groups in total. The number of hydrogen-bond acceptors (Lipinski definition) is 5. The fourth-order valence-electron chi connectivity index (χ4n) is 3.70. The molecule has 5 rings (SSSR count). The van der Waals surface area contributed by atoms with Crippen LogP contribution in [0.2, 0.25) is 0 Å². The maximum Gasteiger partial charge on any atom is 0.221 e. The molecule has 0 fully saturated rings. The molecule has 31 heavy (non-hydrogen) atoms. The maximum atomic E-state index is 11.2. The molecular formula is C23H19N7O. The molecule has 0 atom stereocenters. The fraction of sp³-hybridized carbons (Fsp3) is 0.0870. The van der Waals surface area contributed by atoms with Crippen molar-refractivity contribution in [3.8, 4) is 33.5 Å². The molecule has 8 heteroatoms. The van der Waals surface area contributed by atoms with Crippen LogP contribution in [0.15, 0.2) is 73.7 Å². The lowest BCUT2D eigenvalue weighted by Crippen LogP contribution is -2.13. The topological polar surface area (TPSA) is 104 Å². The Morgan fingerprint density at radius 2 is 1.77 bits per heavy atom. The SMILES string of the molecule is Cn1cc(-c2cc(-c3cnccn3)c3c(-c4ccc(CC(N)=O)cc4)cnn3c2)cn1. The molecule has 0 spiro atoms. The molecular weight excluding hydrogens is 390 g/mol. The third-order valence-corrected chi connectivity index (χ3v) is 5.13. The number of amides is 1. The molecule has 0 aliphatic heterocycles. The number of rotatable bonds is 5. The lowest BCUT2D eigenvalue weighted by Gasteiger charge is -2.09. The lowest BCUT2D eigenvalue weighted by atomic mass is 9.99. The van der Waals surface area contributed by atoms with Crippen LogP contribution in [0, 0.1) is 0 Å². The molecule has 0 aliphatic carbocycles. The fourth-order valence-corrected chi connectivity index (χ4v) is 3.70. The molecule has 0 bridgehead atoms. The van der Waals surface area contributed by atoms with Gasteiger partial charge in [-0.1, -0.05) is 24.3 Å². The van der Waals surface area contributed by atoms with Gasteiger partial charge in [-0.25, -0.2) is 4.52 Å². The summed E-state index contributed by atoms with van der Waals surface area (Å²) in [6.45, 7) is 0. The summed E-state index contributed by atoms with van der Waals surface area (Å²) in [6.07, 6.45) is 12.9. The van der Waals surface area contributed by atoms with Crippen LogP contribution in [0.4, 0.5) is 0 Å². The summed E-state index contributed by atoms with van der Waals surface area (Å²) in [5.41, 5.74) is 12.7. The van der Waals surface area contributed by atoms with Crippen LogP contribution >= 0.6 is 0 Å². The molecule has 8 nitrogen and oxygen atoms in total. The normalized spacial score (nSPS) is 11.1. The summed E-state index contributed by atoms with van der Waals surface area (Å²) >= 11 is 0.